The summed E-state index contributed by atoms with van der Waals surface area (Å²) in [4.78, 5) is 15.7. The molecule has 1 N–H and O–H groups in total. The molecule has 2 aromatic heterocycles. The number of thiophene rings is 1. The number of carbonyl (C=O) groups is 1. The minimum atomic E-state index is 0.0324. The predicted octanol–water partition coefficient (Wildman–Crippen LogP) is 3.82. The lowest BCUT2D eigenvalue weighted by atomic mass is 10.2. The molecule has 0 saturated carbocycles. The molecule has 0 radical (unpaired) electrons. The van der Waals surface area contributed by atoms with Crippen molar-refractivity contribution >= 4 is 17.4 Å². The molecule has 112 valence electrons. The average Bonchev–Trinajstić information content (AvgIpc) is 3.20. The molecule has 1 aliphatic rings. The number of furan rings is 1. The third kappa shape index (κ3) is 3.29. The Balaban J connectivity index is 1.59. The highest BCUT2D eigenvalue weighted by Crippen LogP contribution is 2.34. The van der Waals surface area contributed by atoms with Crippen molar-refractivity contribution in [3.8, 4) is 0 Å². The van der Waals surface area contributed by atoms with Gasteiger partial charge in [-0.1, -0.05) is 6.07 Å². The first-order chi connectivity index (χ1) is 10.2. The van der Waals surface area contributed by atoms with Gasteiger partial charge in [-0.15, -0.1) is 11.3 Å². The molecule has 1 saturated heterocycles. The molecule has 2 aromatic rings. The third-order valence-corrected chi connectivity index (χ3v) is 4.82. The molecular weight excluding hydrogens is 284 g/mol. The molecule has 3 rings (SSSR count). The molecule has 5 heteroatoms. The summed E-state index contributed by atoms with van der Waals surface area (Å²) in [5.74, 6) is 0.902. The Kier molecular flexibility index (Phi) is 4.29. The van der Waals surface area contributed by atoms with Crippen LogP contribution in [0.5, 0.6) is 0 Å². The van der Waals surface area contributed by atoms with Gasteiger partial charge in [0.2, 0.25) is 0 Å². The summed E-state index contributed by atoms with van der Waals surface area (Å²) in [6.07, 6.45) is 4.51. The zero-order chi connectivity index (χ0) is 14.7. The molecule has 4 nitrogen and oxygen atoms in total. The largest absolute Gasteiger partial charge is 0.469 e. The molecule has 0 spiro atoms. The number of rotatable bonds is 4. The van der Waals surface area contributed by atoms with Gasteiger partial charge in [-0.2, -0.15) is 0 Å². The van der Waals surface area contributed by atoms with Crippen molar-refractivity contribution in [3.63, 3.8) is 0 Å². The minimum absolute atomic E-state index is 0.0324. The summed E-state index contributed by atoms with van der Waals surface area (Å²) in [6.45, 7) is 2.85. The van der Waals surface area contributed by atoms with E-state index in [4.69, 9.17) is 4.42 Å². The molecule has 0 aliphatic carbocycles. The smallest absolute Gasteiger partial charge is 0.318 e. The first-order valence-corrected chi connectivity index (χ1v) is 8.25. The van der Waals surface area contributed by atoms with Gasteiger partial charge in [0, 0.05) is 23.9 Å². The van der Waals surface area contributed by atoms with Gasteiger partial charge in [0.05, 0.1) is 12.3 Å². The van der Waals surface area contributed by atoms with Crippen LogP contribution < -0.4 is 5.32 Å². The second kappa shape index (κ2) is 6.35. The average molecular weight is 304 g/mol. The molecule has 1 aliphatic heterocycles. The van der Waals surface area contributed by atoms with Crippen LogP contribution in [0.2, 0.25) is 0 Å². The van der Waals surface area contributed by atoms with Crippen LogP contribution >= 0.6 is 11.3 Å². The van der Waals surface area contributed by atoms with E-state index in [1.54, 1.807) is 17.6 Å². The van der Waals surface area contributed by atoms with Gasteiger partial charge in [-0.25, -0.2) is 4.79 Å². The molecule has 2 amide bonds. The molecule has 3 heterocycles. The fourth-order valence-corrected chi connectivity index (χ4v) is 3.74. The maximum atomic E-state index is 12.5. The third-order valence-electron chi connectivity index (χ3n) is 3.84. The monoisotopic (exact) mass is 304 g/mol. The van der Waals surface area contributed by atoms with Crippen LogP contribution in [-0.4, -0.2) is 23.5 Å². The summed E-state index contributed by atoms with van der Waals surface area (Å²) in [6, 6.07) is 8.31. The SMILES string of the molecule is C[C@@H](Cc1ccco1)NC(=O)N1CCC[C@@H]1c1cccs1. The zero-order valence-electron chi connectivity index (χ0n) is 12.1. The zero-order valence-corrected chi connectivity index (χ0v) is 12.9. The molecule has 0 bridgehead atoms. The Morgan fingerprint density at radius 1 is 1.52 bits per heavy atom. The molecule has 1 fully saturated rings. The molecular formula is C16H20N2O2S. The fraction of sp³-hybridized carbons (Fsp3) is 0.438. The highest BCUT2D eigenvalue weighted by molar-refractivity contribution is 7.10. The number of hydrogen-bond donors (Lipinski definition) is 1. The number of nitrogens with zero attached hydrogens (tertiary/aromatic N) is 1. The lowest BCUT2D eigenvalue weighted by Crippen LogP contribution is -2.44. The number of likely N-dealkylation sites (tertiary alicyclic amines) is 1. The van der Waals surface area contributed by atoms with Crippen molar-refractivity contribution in [2.45, 2.75) is 38.3 Å². The summed E-state index contributed by atoms with van der Waals surface area (Å²) in [5, 5.41) is 5.16. The lowest BCUT2D eigenvalue weighted by Gasteiger charge is -2.26. The minimum Gasteiger partial charge on any atom is -0.469 e. The van der Waals surface area contributed by atoms with E-state index in [9.17, 15) is 4.79 Å². The van der Waals surface area contributed by atoms with E-state index in [1.165, 1.54) is 4.88 Å². The van der Waals surface area contributed by atoms with Crippen molar-refractivity contribution in [2.24, 2.45) is 0 Å². The van der Waals surface area contributed by atoms with E-state index in [0.717, 1.165) is 31.6 Å². The second-order valence-corrected chi connectivity index (χ2v) is 6.48. The number of carbonyl (C=O) groups excluding carboxylic acids is 1. The van der Waals surface area contributed by atoms with E-state index >= 15 is 0 Å². The maximum absolute atomic E-state index is 12.5. The Hall–Kier alpha value is -1.75. The van der Waals surface area contributed by atoms with Gasteiger partial charge in [0.25, 0.3) is 0 Å². The van der Waals surface area contributed by atoms with Crippen molar-refractivity contribution in [3.05, 3.63) is 46.5 Å². The van der Waals surface area contributed by atoms with E-state index in [0.29, 0.717) is 0 Å². The Morgan fingerprint density at radius 2 is 2.43 bits per heavy atom. The highest BCUT2D eigenvalue weighted by atomic mass is 32.1. The number of nitrogens with one attached hydrogen (secondary N) is 1. The quantitative estimate of drug-likeness (QED) is 0.933. The second-order valence-electron chi connectivity index (χ2n) is 5.50. The normalized spacial score (nSPS) is 19.7. The van der Waals surface area contributed by atoms with Crippen LogP contribution in [0.4, 0.5) is 4.79 Å². The van der Waals surface area contributed by atoms with Gasteiger partial charge in [0.1, 0.15) is 5.76 Å². The standard InChI is InChI=1S/C16H20N2O2S/c1-12(11-13-5-3-9-20-13)17-16(19)18-8-2-6-14(18)15-7-4-10-21-15/h3-5,7,9-10,12,14H,2,6,8,11H2,1H3,(H,17,19)/t12-,14+/m0/s1. The van der Waals surface area contributed by atoms with E-state index < -0.39 is 0 Å². The Bertz CT molecular complexity index is 565. The van der Waals surface area contributed by atoms with E-state index in [-0.39, 0.29) is 18.1 Å². The van der Waals surface area contributed by atoms with Gasteiger partial charge in [0.15, 0.2) is 0 Å². The van der Waals surface area contributed by atoms with Crippen molar-refractivity contribution in [2.75, 3.05) is 6.54 Å². The van der Waals surface area contributed by atoms with Crippen LogP contribution in [-0.2, 0) is 6.42 Å². The van der Waals surface area contributed by atoms with Gasteiger partial charge >= 0.3 is 6.03 Å². The van der Waals surface area contributed by atoms with E-state index in [1.807, 2.05) is 30.0 Å². The summed E-state index contributed by atoms with van der Waals surface area (Å²) in [7, 11) is 0. The summed E-state index contributed by atoms with van der Waals surface area (Å²) in [5.41, 5.74) is 0. The van der Waals surface area contributed by atoms with Gasteiger partial charge in [-0.3, -0.25) is 0 Å². The number of hydrogen-bond acceptors (Lipinski definition) is 3. The first kappa shape index (κ1) is 14.2. The fourth-order valence-electron chi connectivity index (χ4n) is 2.86. The summed E-state index contributed by atoms with van der Waals surface area (Å²) >= 11 is 1.73. The van der Waals surface area contributed by atoms with Gasteiger partial charge < -0.3 is 14.6 Å². The van der Waals surface area contributed by atoms with Crippen molar-refractivity contribution < 1.29 is 9.21 Å². The number of urea groups is 1. The topological polar surface area (TPSA) is 45.5 Å². The number of amides is 2. The predicted molar refractivity (Wildman–Crippen MR) is 83.4 cm³/mol. The van der Waals surface area contributed by atoms with Crippen LogP contribution in [0.1, 0.15) is 36.4 Å². The Labute approximate surface area is 128 Å². The molecule has 2 atom stereocenters. The molecule has 21 heavy (non-hydrogen) atoms. The lowest BCUT2D eigenvalue weighted by molar-refractivity contribution is 0.190. The van der Waals surface area contributed by atoms with Crippen LogP contribution in [0.3, 0.4) is 0 Å². The summed E-state index contributed by atoms with van der Waals surface area (Å²) < 4.78 is 5.33. The molecule has 0 unspecified atom stereocenters. The van der Waals surface area contributed by atoms with Crippen molar-refractivity contribution in [1.82, 2.24) is 10.2 Å². The highest BCUT2D eigenvalue weighted by Gasteiger charge is 2.31. The van der Waals surface area contributed by atoms with Crippen molar-refractivity contribution in [1.29, 1.82) is 0 Å². The maximum Gasteiger partial charge on any atom is 0.318 e. The first-order valence-electron chi connectivity index (χ1n) is 7.37. The van der Waals surface area contributed by atoms with Crippen LogP contribution in [0.15, 0.2) is 40.3 Å². The van der Waals surface area contributed by atoms with Crippen LogP contribution in [0.25, 0.3) is 0 Å². The van der Waals surface area contributed by atoms with Gasteiger partial charge in [-0.05, 0) is 43.3 Å². The molecule has 0 aromatic carbocycles. The Morgan fingerprint density at radius 3 is 3.14 bits per heavy atom. The van der Waals surface area contributed by atoms with E-state index in [2.05, 4.69) is 16.8 Å². The van der Waals surface area contributed by atoms with Crippen LogP contribution in [0, 0.1) is 0 Å².